The molecule has 1 aromatic carbocycles. The molecule has 2 aromatic rings. The van der Waals surface area contributed by atoms with Crippen LogP contribution in [0, 0.1) is 0 Å². The molecule has 2 heterocycles. The zero-order valence-corrected chi connectivity index (χ0v) is 14.0. The Morgan fingerprint density at radius 1 is 1.20 bits per heavy atom. The molecule has 0 bridgehead atoms. The maximum Gasteiger partial charge on any atom is 0.323 e. The SMILES string of the molecule is CC1CCCN(C(=O)c2cccn(CC(=O)O)c2=O)c2ccccc21. The van der Waals surface area contributed by atoms with Gasteiger partial charge in [0.25, 0.3) is 11.5 Å². The summed E-state index contributed by atoms with van der Waals surface area (Å²) < 4.78 is 1.04. The van der Waals surface area contributed by atoms with Gasteiger partial charge < -0.3 is 14.6 Å². The number of aromatic nitrogens is 1. The highest BCUT2D eigenvalue weighted by atomic mass is 16.4. The first-order valence-electron chi connectivity index (χ1n) is 8.31. The molecule has 6 nitrogen and oxygen atoms in total. The summed E-state index contributed by atoms with van der Waals surface area (Å²) in [5, 5.41) is 8.91. The third-order valence-electron chi connectivity index (χ3n) is 4.58. The lowest BCUT2D eigenvalue weighted by Crippen LogP contribution is -2.37. The molecule has 0 aliphatic carbocycles. The highest BCUT2D eigenvalue weighted by Gasteiger charge is 2.26. The Bertz CT molecular complexity index is 872. The summed E-state index contributed by atoms with van der Waals surface area (Å²) in [6, 6.07) is 10.7. The van der Waals surface area contributed by atoms with Gasteiger partial charge in [0.1, 0.15) is 12.1 Å². The number of fused-ring (bicyclic) bond motifs is 1. The topological polar surface area (TPSA) is 79.6 Å². The zero-order valence-electron chi connectivity index (χ0n) is 14.0. The summed E-state index contributed by atoms with van der Waals surface area (Å²) in [6.45, 7) is 2.20. The molecule has 1 unspecified atom stereocenters. The number of aliphatic carboxylic acids is 1. The number of para-hydroxylation sites is 1. The highest BCUT2D eigenvalue weighted by Crippen LogP contribution is 2.34. The van der Waals surface area contributed by atoms with Crippen molar-refractivity contribution in [3.8, 4) is 0 Å². The molecule has 130 valence electrons. The number of rotatable bonds is 3. The van der Waals surface area contributed by atoms with Gasteiger partial charge in [-0.15, -0.1) is 0 Å². The summed E-state index contributed by atoms with van der Waals surface area (Å²) in [7, 11) is 0. The van der Waals surface area contributed by atoms with Crippen molar-refractivity contribution in [2.24, 2.45) is 0 Å². The van der Waals surface area contributed by atoms with Crippen molar-refractivity contribution in [3.63, 3.8) is 0 Å². The van der Waals surface area contributed by atoms with E-state index in [1.165, 1.54) is 18.3 Å². The second-order valence-corrected chi connectivity index (χ2v) is 6.31. The normalized spacial score (nSPS) is 16.8. The van der Waals surface area contributed by atoms with Crippen molar-refractivity contribution >= 4 is 17.6 Å². The lowest BCUT2D eigenvalue weighted by atomic mass is 9.96. The fourth-order valence-electron chi connectivity index (χ4n) is 3.31. The molecular weight excluding hydrogens is 320 g/mol. The Kier molecular flexibility index (Phi) is 4.70. The molecule has 1 N–H and O–H groups in total. The Morgan fingerprint density at radius 3 is 2.72 bits per heavy atom. The van der Waals surface area contributed by atoms with Crippen molar-refractivity contribution in [3.05, 3.63) is 64.1 Å². The van der Waals surface area contributed by atoms with E-state index in [2.05, 4.69) is 6.92 Å². The maximum atomic E-state index is 13.0. The van der Waals surface area contributed by atoms with E-state index in [4.69, 9.17) is 5.11 Å². The molecule has 0 saturated heterocycles. The molecule has 0 saturated carbocycles. The van der Waals surface area contributed by atoms with Crippen LogP contribution in [0.25, 0.3) is 0 Å². The van der Waals surface area contributed by atoms with Gasteiger partial charge in [0, 0.05) is 18.4 Å². The Balaban J connectivity index is 2.03. The largest absolute Gasteiger partial charge is 0.480 e. The average Bonchev–Trinajstić information content (AvgIpc) is 2.75. The number of carboxylic acids is 1. The second kappa shape index (κ2) is 6.93. The predicted octanol–water partition coefficient (Wildman–Crippen LogP) is 2.48. The lowest BCUT2D eigenvalue weighted by Gasteiger charge is -2.23. The molecule has 0 radical (unpaired) electrons. The van der Waals surface area contributed by atoms with Crippen LogP contribution in [-0.4, -0.2) is 28.1 Å². The quantitative estimate of drug-likeness (QED) is 0.931. The minimum absolute atomic E-state index is 0.00638. The van der Waals surface area contributed by atoms with Crippen molar-refractivity contribution in [2.75, 3.05) is 11.4 Å². The summed E-state index contributed by atoms with van der Waals surface area (Å²) in [6.07, 6.45) is 3.20. The number of benzene rings is 1. The Morgan fingerprint density at radius 2 is 1.96 bits per heavy atom. The van der Waals surface area contributed by atoms with Gasteiger partial charge in [0.15, 0.2) is 0 Å². The average molecular weight is 340 g/mol. The third kappa shape index (κ3) is 3.33. The van der Waals surface area contributed by atoms with Crippen molar-refractivity contribution in [1.82, 2.24) is 4.57 Å². The van der Waals surface area contributed by atoms with Crippen molar-refractivity contribution in [2.45, 2.75) is 32.2 Å². The van der Waals surface area contributed by atoms with Crippen LogP contribution >= 0.6 is 0 Å². The monoisotopic (exact) mass is 340 g/mol. The molecule has 1 aliphatic heterocycles. The summed E-state index contributed by atoms with van der Waals surface area (Å²) in [5.74, 6) is -1.17. The summed E-state index contributed by atoms with van der Waals surface area (Å²) >= 11 is 0. The Hall–Kier alpha value is -2.89. The van der Waals surface area contributed by atoms with Gasteiger partial charge in [-0.1, -0.05) is 25.1 Å². The summed E-state index contributed by atoms with van der Waals surface area (Å²) in [4.78, 5) is 38.1. The van der Waals surface area contributed by atoms with Crippen molar-refractivity contribution in [1.29, 1.82) is 0 Å². The van der Waals surface area contributed by atoms with Gasteiger partial charge in [0.2, 0.25) is 0 Å². The maximum absolute atomic E-state index is 13.0. The van der Waals surface area contributed by atoms with Crippen LogP contribution in [0.3, 0.4) is 0 Å². The van der Waals surface area contributed by atoms with Gasteiger partial charge in [-0.2, -0.15) is 0 Å². The fourth-order valence-corrected chi connectivity index (χ4v) is 3.31. The number of amides is 1. The first-order valence-corrected chi connectivity index (χ1v) is 8.31. The van der Waals surface area contributed by atoms with Crippen LogP contribution in [-0.2, 0) is 11.3 Å². The molecular formula is C19H20N2O4. The van der Waals surface area contributed by atoms with E-state index in [0.29, 0.717) is 12.5 Å². The van der Waals surface area contributed by atoms with Gasteiger partial charge in [-0.3, -0.25) is 14.4 Å². The molecule has 3 rings (SSSR count). The minimum atomic E-state index is -1.12. The second-order valence-electron chi connectivity index (χ2n) is 6.31. The zero-order chi connectivity index (χ0) is 18.0. The van der Waals surface area contributed by atoms with E-state index in [0.717, 1.165) is 28.7 Å². The van der Waals surface area contributed by atoms with Crippen LogP contribution in [0.15, 0.2) is 47.4 Å². The number of carboxylic acid groups (broad SMARTS) is 1. The van der Waals surface area contributed by atoms with Crippen LogP contribution < -0.4 is 10.5 Å². The van der Waals surface area contributed by atoms with Gasteiger partial charge >= 0.3 is 5.97 Å². The van der Waals surface area contributed by atoms with E-state index in [9.17, 15) is 14.4 Å². The number of pyridine rings is 1. The van der Waals surface area contributed by atoms with Crippen LogP contribution in [0.4, 0.5) is 5.69 Å². The molecule has 1 atom stereocenters. The molecule has 1 amide bonds. The molecule has 0 fully saturated rings. The molecule has 25 heavy (non-hydrogen) atoms. The first kappa shape index (κ1) is 17.0. The lowest BCUT2D eigenvalue weighted by molar-refractivity contribution is -0.137. The van der Waals surface area contributed by atoms with E-state index in [1.807, 2.05) is 24.3 Å². The van der Waals surface area contributed by atoms with Gasteiger partial charge in [-0.25, -0.2) is 0 Å². The van der Waals surface area contributed by atoms with Crippen LogP contribution in [0.2, 0.25) is 0 Å². The van der Waals surface area contributed by atoms with E-state index >= 15 is 0 Å². The number of nitrogens with zero attached hydrogens (tertiary/aromatic N) is 2. The first-order chi connectivity index (χ1) is 12.0. The number of carbonyl (C=O) groups excluding carboxylic acids is 1. The van der Waals surface area contributed by atoms with Crippen molar-refractivity contribution < 1.29 is 14.7 Å². The van der Waals surface area contributed by atoms with Crippen LogP contribution in [0.5, 0.6) is 0 Å². The smallest absolute Gasteiger partial charge is 0.323 e. The number of anilines is 1. The fraction of sp³-hybridized carbons (Fsp3) is 0.316. The number of hydrogen-bond donors (Lipinski definition) is 1. The number of carbonyl (C=O) groups is 2. The molecule has 0 spiro atoms. The minimum Gasteiger partial charge on any atom is -0.480 e. The third-order valence-corrected chi connectivity index (χ3v) is 4.58. The molecule has 1 aromatic heterocycles. The highest BCUT2D eigenvalue weighted by molar-refractivity contribution is 6.06. The molecule has 6 heteroatoms. The van der Waals surface area contributed by atoms with E-state index in [1.54, 1.807) is 4.90 Å². The predicted molar refractivity (Wildman–Crippen MR) is 94.1 cm³/mol. The van der Waals surface area contributed by atoms with E-state index in [-0.39, 0.29) is 11.5 Å². The number of hydrogen-bond acceptors (Lipinski definition) is 3. The van der Waals surface area contributed by atoms with E-state index < -0.39 is 18.1 Å². The van der Waals surface area contributed by atoms with Gasteiger partial charge in [0.05, 0.1) is 0 Å². The molecule has 1 aliphatic rings. The van der Waals surface area contributed by atoms with Gasteiger partial charge in [-0.05, 0) is 42.5 Å². The standard InChI is InChI=1S/C19H20N2O4/c1-13-6-4-11-21(16-9-3-2-7-14(13)16)19(25)15-8-5-10-20(18(15)24)12-17(22)23/h2-3,5,7-10,13H,4,6,11-12H2,1H3,(H,22,23). The van der Waals surface area contributed by atoms with Crippen LogP contribution in [0.1, 0.15) is 41.6 Å². The Labute approximate surface area is 145 Å². The summed E-state index contributed by atoms with van der Waals surface area (Å²) in [5.41, 5.74) is 1.33.